The number of fused-ring (bicyclic) bond motifs is 1. The Labute approximate surface area is 142 Å². The van der Waals surface area contributed by atoms with Crippen LogP contribution in [0.5, 0.6) is 0 Å². The molecule has 0 aromatic heterocycles. The van der Waals surface area contributed by atoms with Crippen LogP contribution in [0.2, 0.25) is 0 Å². The first kappa shape index (κ1) is 17.1. The highest BCUT2D eigenvalue weighted by Crippen LogP contribution is 2.27. The van der Waals surface area contributed by atoms with E-state index in [1.165, 1.54) is 18.2 Å². The molecule has 5 heteroatoms. The highest BCUT2D eigenvalue weighted by Gasteiger charge is 2.32. The van der Waals surface area contributed by atoms with Crippen molar-refractivity contribution in [2.75, 3.05) is 26.2 Å². The van der Waals surface area contributed by atoms with Crippen LogP contribution in [0.1, 0.15) is 36.5 Å². The molecule has 2 aliphatic rings. The predicted molar refractivity (Wildman–Crippen MR) is 90.2 cm³/mol. The standard InChI is InChI=1S/C19H25FN2O2/c1-13(19(24)14-3-2-4-17(20)10-14)9-18(23)22-7-5-15-11-21-12-16(15)6-8-22/h2-4,10,13,15-16,21H,5-9,11-12H2,1H3/t13?,15-,16+. The van der Waals surface area contributed by atoms with Crippen molar-refractivity contribution in [2.45, 2.75) is 26.2 Å². The van der Waals surface area contributed by atoms with Gasteiger partial charge in [0.05, 0.1) is 0 Å². The molecule has 1 aromatic carbocycles. The van der Waals surface area contributed by atoms with Crippen LogP contribution in [0.15, 0.2) is 24.3 Å². The van der Waals surface area contributed by atoms with E-state index in [1.54, 1.807) is 13.0 Å². The lowest BCUT2D eigenvalue weighted by atomic mass is 9.92. The van der Waals surface area contributed by atoms with Crippen LogP contribution in [-0.2, 0) is 4.79 Å². The average Bonchev–Trinajstić information content (AvgIpc) is 2.92. The van der Waals surface area contributed by atoms with Gasteiger partial charge in [0, 0.05) is 31.0 Å². The summed E-state index contributed by atoms with van der Waals surface area (Å²) in [6.45, 7) is 5.43. The third kappa shape index (κ3) is 3.83. The molecule has 0 aliphatic carbocycles. The normalized spacial score (nSPS) is 25.0. The minimum atomic E-state index is -0.427. The van der Waals surface area contributed by atoms with Gasteiger partial charge in [-0.05, 0) is 49.9 Å². The van der Waals surface area contributed by atoms with E-state index in [-0.39, 0.29) is 18.1 Å². The molecule has 0 radical (unpaired) electrons. The van der Waals surface area contributed by atoms with Crippen LogP contribution in [-0.4, -0.2) is 42.8 Å². The summed E-state index contributed by atoms with van der Waals surface area (Å²) in [5, 5.41) is 3.43. The Morgan fingerprint density at radius 3 is 2.54 bits per heavy atom. The Balaban J connectivity index is 1.56. The van der Waals surface area contributed by atoms with Gasteiger partial charge in [-0.1, -0.05) is 19.1 Å². The number of likely N-dealkylation sites (tertiary alicyclic amines) is 1. The molecule has 2 fully saturated rings. The van der Waals surface area contributed by atoms with Gasteiger partial charge in [-0.2, -0.15) is 0 Å². The largest absolute Gasteiger partial charge is 0.343 e. The summed E-state index contributed by atoms with van der Waals surface area (Å²) in [6.07, 6.45) is 2.27. The smallest absolute Gasteiger partial charge is 0.223 e. The Morgan fingerprint density at radius 1 is 1.25 bits per heavy atom. The van der Waals surface area contributed by atoms with Crippen molar-refractivity contribution in [1.82, 2.24) is 10.2 Å². The maximum absolute atomic E-state index is 13.3. The summed E-state index contributed by atoms with van der Waals surface area (Å²) >= 11 is 0. The Hall–Kier alpha value is -1.75. The van der Waals surface area contributed by atoms with Crippen molar-refractivity contribution in [1.29, 1.82) is 0 Å². The monoisotopic (exact) mass is 332 g/mol. The van der Waals surface area contributed by atoms with Gasteiger partial charge in [-0.3, -0.25) is 9.59 Å². The zero-order valence-electron chi connectivity index (χ0n) is 14.1. The second-order valence-electron chi connectivity index (χ2n) is 7.12. The van der Waals surface area contributed by atoms with Gasteiger partial charge in [0.2, 0.25) is 5.91 Å². The molecule has 2 heterocycles. The predicted octanol–water partition coefficient (Wildman–Crippen LogP) is 2.49. The van der Waals surface area contributed by atoms with E-state index in [0.717, 1.165) is 39.0 Å². The summed E-state index contributed by atoms with van der Waals surface area (Å²) in [6, 6.07) is 5.68. The fourth-order valence-corrected chi connectivity index (χ4v) is 3.88. The van der Waals surface area contributed by atoms with Gasteiger partial charge in [0.1, 0.15) is 5.82 Å². The van der Waals surface area contributed by atoms with Crippen molar-refractivity contribution >= 4 is 11.7 Å². The molecule has 1 amide bonds. The van der Waals surface area contributed by atoms with E-state index in [4.69, 9.17) is 0 Å². The second kappa shape index (κ2) is 7.43. The zero-order chi connectivity index (χ0) is 17.1. The molecule has 2 saturated heterocycles. The van der Waals surface area contributed by atoms with Crippen LogP contribution < -0.4 is 5.32 Å². The first-order valence-electron chi connectivity index (χ1n) is 8.83. The molecule has 1 aromatic rings. The fraction of sp³-hybridized carbons (Fsp3) is 0.579. The van der Waals surface area contributed by atoms with Gasteiger partial charge in [-0.15, -0.1) is 0 Å². The number of hydrogen-bond donors (Lipinski definition) is 1. The number of hydrogen-bond acceptors (Lipinski definition) is 3. The number of nitrogens with one attached hydrogen (secondary N) is 1. The number of halogens is 1. The van der Waals surface area contributed by atoms with E-state index < -0.39 is 11.7 Å². The number of nitrogens with zero attached hydrogens (tertiary/aromatic N) is 1. The molecule has 1 unspecified atom stereocenters. The van der Waals surface area contributed by atoms with Gasteiger partial charge in [0.25, 0.3) is 0 Å². The van der Waals surface area contributed by atoms with Gasteiger partial charge < -0.3 is 10.2 Å². The van der Waals surface area contributed by atoms with Crippen LogP contribution in [0.25, 0.3) is 0 Å². The van der Waals surface area contributed by atoms with Crippen LogP contribution in [0.4, 0.5) is 4.39 Å². The van der Waals surface area contributed by atoms with E-state index in [1.807, 2.05) is 4.90 Å². The highest BCUT2D eigenvalue weighted by atomic mass is 19.1. The number of carbonyl (C=O) groups excluding carboxylic acids is 2. The summed E-state index contributed by atoms with van der Waals surface area (Å²) < 4.78 is 13.3. The van der Waals surface area contributed by atoms with Gasteiger partial charge >= 0.3 is 0 Å². The van der Waals surface area contributed by atoms with Crippen molar-refractivity contribution < 1.29 is 14.0 Å². The number of amides is 1. The number of carbonyl (C=O) groups is 2. The number of Topliss-reactive ketones (excluding diaryl/α,β-unsaturated/α-hetero) is 1. The number of ketones is 1. The average molecular weight is 332 g/mol. The van der Waals surface area contributed by atoms with Crippen molar-refractivity contribution in [2.24, 2.45) is 17.8 Å². The number of rotatable bonds is 4. The minimum absolute atomic E-state index is 0.0418. The van der Waals surface area contributed by atoms with E-state index in [9.17, 15) is 14.0 Å². The zero-order valence-corrected chi connectivity index (χ0v) is 14.1. The molecule has 0 spiro atoms. The molecular weight excluding hydrogens is 307 g/mol. The number of benzene rings is 1. The van der Waals surface area contributed by atoms with E-state index >= 15 is 0 Å². The molecule has 0 bridgehead atoms. The highest BCUT2D eigenvalue weighted by molar-refractivity contribution is 5.99. The second-order valence-corrected chi connectivity index (χ2v) is 7.12. The molecule has 0 saturated carbocycles. The van der Waals surface area contributed by atoms with Crippen LogP contribution in [0.3, 0.4) is 0 Å². The van der Waals surface area contributed by atoms with E-state index in [0.29, 0.717) is 17.4 Å². The SMILES string of the molecule is CC(CC(=O)N1CC[C@@H]2CNC[C@@H]2CC1)C(=O)c1cccc(F)c1. The van der Waals surface area contributed by atoms with Crippen molar-refractivity contribution in [3.63, 3.8) is 0 Å². The van der Waals surface area contributed by atoms with Gasteiger partial charge in [-0.25, -0.2) is 4.39 Å². The minimum Gasteiger partial charge on any atom is -0.343 e. The third-order valence-electron chi connectivity index (χ3n) is 5.41. The molecule has 130 valence electrons. The van der Waals surface area contributed by atoms with Crippen molar-refractivity contribution in [3.8, 4) is 0 Å². The Bertz CT molecular complexity index is 605. The summed E-state index contributed by atoms with van der Waals surface area (Å²) in [5.41, 5.74) is 0.340. The molecule has 2 aliphatic heterocycles. The van der Waals surface area contributed by atoms with Crippen LogP contribution >= 0.6 is 0 Å². The fourth-order valence-electron chi connectivity index (χ4n) is 3.88. The lowest BCUT2D eigenvalue weighted by molar-refractivity contribution is -0.131. The quantitative estimate of drug-likeness (QED) is 0.862. The first-order chi connectivity index (χ1) is 11.5. The summed E-state index contributed by atoms with van der Waals surface area (Å²) in [5.74, 6) is 0.373. The van der Waals surface area contributed by atoms with Crippen molar-refractivity contribution in [3.05, 3.63) is 35.6 Å². The summed E-state index contributed by atoms with van der Waals surface area (Å²) in [4.78, 5) is 26.9. The maximum Gasteiger partial charge on any atom is 0.223 e. The maximum atomic E-state index is 13.3. The van der Waals surface area contributed by atoms with E-state index in [2.05, 4.69) is 5.32 Å². The summed E-state index contributed by atoms with van der Waals surface area (Å²) in [7, 11) is 0. The topological polar surface area (TPSA) is 49.4 Å². The molecule has 3 atom stereocenters. The molecule has 4 nitrogen and oxygen atoms in total. The lowest BCUT2D eigenvalue weighted by Gasteiger charge is -2.22. The third-order valence-corrected chi connectivity index (χ3v) is 5.41. The molecular formula is C19H25FN2O2. The molecule has 1 N–H and O–H groups in total. The molecule has 24 heavy (non-hydrogen) atoms. The Kier molecular flexibility index (Phi) is 5.29. The van der Waals surface area contributed by atoms with Crippen LogP contribution in [0, 0.1) is 23.6 Å². The van der Waals surface area contributed by atoms with Gasteiger partial charge in [0.15, 0.2) is 5.78 Å². The molecule has 3 rings (SSSR count). The first-order valence-corrected chi connectivity index (χ1v) is 8.83. The Morgan fingerprint density at radius 2 is 1.92 bits per heavy atom. The lowest BCUT2D eigenvalue weighted by Crippen LogP contribution is -2.34.